The van der Waals surface area contributed by atoms with E-state index in [1.807, 2.05) is 13.8 Å². The maximum atomic E-state index is 12.2. The Morgan fingerprint density at radius 2 is 2.12 bits per heavy atom. The van der Waals surface area contributed by atoms with E-state index in [-0.39, 0.29) is 11.5 Å². The average Bonchev–Trinajstić information content (AvgIpc) is 2.76. The first-order valence-corrected chi connectivity index (χ1v) is 5.65. The fraction of sp³-hybridized carbons (Fsp3) is 0.385. The summed E-state index contributed by atoms with van der Waals surface area (Å²) in [4.78, 5) is 25.1. The summed E-state index contributed by atoms with van der Waals surface area (Å²) in [5, 5.41) is 9.09. The van der Waals surface area contributed by atoms with Crippen molar-refractivity contribution >= 4 is 17.6 Å². The van der Waals surface area contributed by atoms with Crippen molar-refractivity contribution < 1.29 is 14.7 Å². The van der Waals surface area contributed by atoms with Gasteiger partial charge in [-0.3, -0.25) is 4.79 Å². The van der Waals surface area contributed by atoms with Crippen LogP contribution in [0, 0.1) is 0 Å². The van der Waals surface area contributed by atoms with E-state index < -0.39 is 11.4 Å². The molecule has 2 heterocycles. The zero-order valence-corrected chi connectivity index (χ0v) is 9.78. The molecule has 2 aliphatic rings. The molecule has 17 heavy (non-hydrogen) atoms. The highest BCUT2D eigenvalue weighted by molar-refractivity contribution is 6.10. The number of nitrogens with zero attached hydrogens (tertiary/aromatic N) is 1. The monoisotopic (exact) mass is 231 g/mol. The summed E-state index contributed by atoms with van der Waals surface area (Å²) in [6, 6.07) is 3.33. The summed E-state index contributed by atoms with van der Waals surface area (Å²) < 4.78 is 0. The number of hydrogen-bond acceptors (Lipinski definition) is 2. The van der Waals surface area contributed by atoms with Crippen LogP contribution in [0.2, 0.25) is 0 Å². The van der Waals surface area contributed by atoms with Crippen LogP contribution < -0.4 is 4.90 Å². The Morgan fingerprint density at radius 3 is 2.76 bits per heavy atom. The molecule has 0 spiro atoms. The van der Waals surface area contributed by atoms with Crippen molar-refractivity contribution in [2.24, 2.45) is 0 Å². The van der Waals surface area contributed by atoms with Gasteiger partial charge in [0.1, 0.15) is 0 Å². The predicted molar refractivity (Wildman–Crippen MR) is 62.5 cm³/mol. The van der Waals surface area contributed by atoms with Crippen molar-refractivity contribution in [1.82, 2.24) is 0 Å². The van der Waals surface area contributed by atoms with Gasteiger partial charge in [0.25, 0.3) is 0 Å². The average molecular weight is 231 g/mol. The van der Waals surface area contributed by atoms with E-state index >= 15 is 0 Å². The maximum Gasteiger partial charge on any atom is 0.335 e. The van der Waals surface area contributed by atoms with E-state index in [2.05, 4.69) is 0 Å². The minimum absolute atomic E-state index is 0.0776. The summed E-state index contributed by atoms with van der Waals surface area (Å²) in [5.74, 6) is -0.855. The number of anilines is 1. The van der Waals surface area contributed by atoms with Crippen LogP contribution in [0.15, 0.2) is 12.1 Å². The van der Waals surface area contributed by atoms with Crippen molar-refractivity contribution in [2.45, 2.75) is 25.7 Å². The van der Waals surface area contributed by atoms with Gasteiger partial charge in [0.05, 0.1) is 16.7 Å². The van der Waals surface area contributed by atoms with Gasteiger partial charge in [-0.15, -0.1) is 0 Å². The van der Waals surface area contributed by atoms with Crippen molar-refractivity contribution in [3.8, 4) is 0 Å². The predicted octanol–water partition coefficient (Wildman–Crippen LogP) is 1.57. The van der Waals surface area contributed by atoms with Gasteiger partial charge >= 0.3 is 5.97 Å². The second-order valence-corrected chi connectivity index (χ2v) is 5.17. The molecule has 4 heteroatoms. The molecule has 2 aliphatic heterocycles. The Morgan fingerprint density at radius 1 is 1.41 bits per heavy atom. The standard InChI is InChI=1S/C13H13NO3/c1-13(2)9-6-8(11(15)16)5-7-3-4-14(10(7)9)12(13)17/h5-6H,3-4H2,1-2H3,(H,15,16). The van der Waals surface area contributed by atoms with Gasteiger partial charge < -0.3 is 10.0 Å². The molecule has 1 aromatic carbocycles. The van der Waals surface area contributed by atoms with Crippen molar-refractivity contribution in [3.63, 3.8) is 0 Å². The zero-order valence-electron chi connectivity index (χ0n) is 9.78. The van der Waals surface area contributed by atoms with E-state index in [9.17, 15) is 9.59 Å². The van der Waals surface area contributed by atoms with E-state index in [1.165, 1.54) is 0 Å². The Balaban J connectivity index is 2.31. The van der Waals surface area contributed by atoms with Crippen LogP contribution in [0.3, 0.4) is 0 Å². The highest BCUT2D eigenvalue weighted by Gasteiger charge is 2.47. The Labute approximate surface area is 98.9 Å². The van der Waals surface area contributed by atoms with Gasteiger partial charge in [-0.25, -0.2) is 4.79 Å². The summed E-state index contributed by atoms with van der Waals surface area (Å²) in [7, 11) is 0. The minimum Gasteiger partial charge on any atom is -0.478 e. The quantitative estimate of drug-likeness (QED) is 0.798. The fourth-order valence-electron chi connectivity index (χ4n) is 2.80. The first kappa shape index (κ1) is 10.3. The van der Waals surface area contributed by atoms with Crippen LogP contribution in [0.5, 0.6) is 0 Å². The van der Waals surface area contributed by atoms with Crippen molar-refractivity contribution in [2.75, 3.05) is 11.4 Å². The lowest BCUT2D eigenvalue weighted by atomic mass is 9.84. The molecule has 0 fully saturated rings. The molecule has 0 atom stereocenters. The summed E-state index contributed by atoms with van der Waals surface area (Å²) in [5.41, 5.74) is 2.47. The van der Waals surface area contributed by atoms with Crippen LogP contribution in [-0.2, 0) is 16.6 Å². The molecule has 0 saturated carbocycles. The highest BCUT2D eigenvalue weighted by Crippen LogP contribution is 2.47. The molecule has 1 aromatic rings. The lowest BCUT2D eigenvalue weighted by molar-refractivity contribution is -0.122. The Hall–Kier alpha value is -1.84. The molecule has 0 bridgehead atoms. The molecule has 0 unspecified atom stereocenters. The van der Waals surface area contributed by atoms with Gasteiger partial charge in [-0.05, 0) is 43.5 Å². The summed E-state index contributed by atoms with van der Waals surface area (Å²) in [6.07, 6.45) is 0.755. The SMILES string of the molecule is CC1(C)C(=O)N2CCc3cc(C(=O)O)cc1c32. The molecule has 3 rings (SSSR count). The summed E-state index contributed by atoms with van der Waals surface area (Å²) in [6.45, 7) is 4.39. The van der Waals surface area contributed by atoms with Gasteiger partial charge in [-0.1, -0.05) is 0 Å². The van der Waals surface area contributed by atoms with Crippen LogP contribution in [-0.4, -0.2) is 23.5 Å². The lowest BCUT2D eigenvalue weighted by Gasteiger charge is -2.18. The number of aromatic carboxylic acids is 1. The largest absolute Gasteiger partial charge is 0.478 e. The summed E-state index contributed by atoms with van der Waals surface area (Å²) >= 11 is 0. The Bertz CT molecular complexity index is 560. The van der Waals surface area contributed by atoms with Crippen LogP contribution in [0.25, 0.3) is 0 Å². The molecule has 88 valence electrons. The van der Waals surface area contributed by atoms with Gasteiger partial charge in [0.15, 0.2) is 0 Å². The number of amides is 1. The van der Waals surface area contributed by atoms with Gasteiger partial charge in [0, 0.05) is 6.54 Å². The van der Waals surface area contributed by atoms with Crippen LogP contribution in [0.1, 0.15) is 35.3 Å². The number of carboxylic acids is 1. The maximum absolute atomic E-state index is 12.2. The molecule has 4 nitrogen and oxygen atoms in total. The van der Waals surface area contributed by atoms with E-state index in [1.54, 1.807) is 17.0 Å². The molecule has 0 radical (unpaired) electrons. The van der Waals surface area contributed by atoms with Crippen LogP contribution in [0.4, 0.5) is 5.69 Å². The van der Waals surface area contributed by atoms with E-state index in [0.717, 1.165) is 23.2 Å². The number of hydrogen-bond donors (Lipinski definition) is 1. The first-order valence-electron chi connectivity index (χ1n) is 5.65. The third kappa shape index (κ3) is 1.12. The minimum atomic E-state index is -0.933. The molecular weight excluding hydrogens is 218 g/mol. The van der Waals surface area contributed by atoms with Gasteiger partial charge in [0.2, 0.25) is 5.91 Å². The fourth-order valence-corrected chi connectivity index (χ4v) is 2.80. The Kier molecular flexibility index (Phi) is 1.75. The van der Waals surface area contributed by atoms with Crippen LogP contribution >= 0.6 is 0 Å². The second-order valence-electron chi connectivity index (χ2n) is 5.17. The number of carbonyl (C=O) groups is 2. The lowest BCUT2D eigenvalue weighted by Crippen LogP contribution is -2.35. The third-order valence-electron chi connectivity index (χ3n) is 3.76. The molecular formula is C13H13NO3. The van der Waals surface area contributed by atoms with Crippen molar-refractivity contribution in [3.05, 3.63) is 28.8 Å². The topological polar surface area (TPSA) is 57.6 Å². The molecule has 0 aromatic heterocycles. The number of carboxylic acid groups (broad SMARTS) is 1. The zero-order chi connectivity index (χ0) is 12.4. The second kappa shape index (κ2) is 2.88. The van der Waals surface area contributed by atoms with E-state index in [4.69, 9.17) is 5.11 Å². The molecule has 1 amide bonds. The molecule has 1 N–H and O–H groups in total. The first-order chi connectivity index (χ1) is 7.93. The normalized spacial score (nSPS) is 19.6. The van der Waals surface area contributed by atoms with Crippen molar-refractivity contribution in [1.29, 1.82) is 0 Å². The number of benzene rings is 1. The number of rotatable bonds is 1. The third-order valence-corrected chi connectivity index (χ3v) is 3.76. The van der Waals surface area contributed by atoms with Gasteiger partial charge in [-0.2, -0.15) is 0 Å². The smallest absolute Gasteiger partial charge is 0.335 e. The number of carbonyl (C=O) groups excluding carboxylic acids is 1. The molecule has 0 saturated heterocycles. The molecule has 0 aliphatic carbocycles. The van der Waals surface area contributed by atoms with E-state index in [0.29, 0.717) is 6.54 Å². The highest BCUT2D eigenvalue weighted by atomic mass is 16.4.